The summed E-state index contributed by atoms with van der Waals surface area (Å²) >= 11 is 0. The molecule has 0 amide bonds. The minimum atomic E-state index is 1.16. The largest absolute Gasteiger partial charge is 0.309 e. The molecule has 0 spiro atoms. The average molecular weight is 787 g/mol. The molecular weight excluding hydrogens is 749 g/mol. The van der Waals surface area contributed by atoms with Gasteiger partial charge in [-0.1, -0.05) is 164 Å². The fraction of sp³-hybridized carbons (Fsp3) is 0. The molecule has 13 aromatic rings. The van der Waals surface area contributed by atoms with E-state index in [0.29, 0.717) is 0 Å². The van der Waals surface area contributed by atoms with Crippen LogP contribution in [-0.2, 0) is 0 Å². The van der Waals surface area contributed by atoms with Gasteiger partial charge in [0.1, 0.15) is 0 Å². The number of rotatable bonds is 5. The minimum absolute atomic E-state index is 1.16. The lowest BCUT2D eigenvalue weighted by Crippen LogP contribution is -1.95. The van der Waals surface area contributed by atoms with Crippen LogP contribution in [0.4, 0.5) is 0 Å². The third-order valence-electron chi connectivity index (χ3n) is 13.1. The van der Waals surface area contributed by atoms with Gasteiger partial charge in [-0.05, 0) is 132 Å². The first-order valence-electron chi connectivity index (χ1n) is 21.4. The number of para-hydroxylation sites is 1. The molecule has 11 aromatic carbocycles. The lowest BCUT2D eigenvalue weighted by atomic mass is 9.94. The quantitative estimate of drug-likeness (QED) is 0.154. The van der Waals surface area contributed by atoms with E-state index in [1.807, 2.05) is 0 Å². The molecule has 2 nitrogen and oxygen atoms in total. The Hall–Kier alpha value is -8.20. The number of hydrogen-bond donors (Lipinski definition) is 0. The van der Waals surface area contributed by atoms with Gasteiger partial charge in [-0.25, -0.2) is 0 Å². The maximum Gasteiger partial charge on any atom is 0.0541 e. The molecule has 0 radical (unpaired) electrons. The van der Waals surface area contributed by atoms with Crippen LogP contribution in [0.25, 0.3) is 121 Å². The fourth-order valence-electron chi connectivity index (χ4n) is 10.2. The zero-order valence-electron chi connectivity index (χ0n) is 33.8. The van der Waals surface area contributed by atoms with E-state index in [4.69, 9.17) is 0 Å². The van der Waals surface area contributed by atoms with E-state index < -0.39 is 0 Å². The zero-order valence-corrected chi connectivity index (χ0v) is 33.8. The third kappa shape index (κ3) is 5.30. The molecule has 2 heteroatoms. The molecule has 0 fully saturated rings. The fourth-order valence-corrected chi connectivity index (χ4v) is 10.2. The summed E-state index contributed by atoms with van der Waals surface area (Å²) in [4.78, 5) is 0. The van der Waals surface area contributed by atoms with E-state index in [2.05, 4.69) is 240 Å². The van der Waals surface area contributed by atoms with Crippen molar-refractivity contribution in [3.63, 3.8) is 0 Å². The van der Waals surface area contributed by atoms with Gasteiger partial charge in [-0.2, -0.15) is 0 Å². The van der Waals surface area contributed by atoms with Crippen LogP contribution in [0.5, 0.6) is 0 Å². The van der Waals surface area contributed by atoms with E-state index in [1.165, 1.54) is 109 Å². The van der Waals surface area contributed by atoms with Crippen molar-refractivity contribution in [1.29, 1.82) is 0 Å². The van der Waals surface area contributed by atoms with Gasteiger partial charge in [0.05, 0.1) is 22.1 Å². The van der Waals surface area contributed by atoms with Gasteiger partial charge >= 0.3 is 0 Å². The SMILES string of the molecule is c1ccc(-c2cccc(-n3c4ccccc4c4cc(-c5ccc6c(c5)c5cc(-c7ccccc7)ccc5n6-c5ccc6c7ccccc7c7ccccc7c6c5)ccc43)c2)cc1. The summed E-state index contributed by atoms with van der Waals surface area (Å²) < 4.78 is 4.88. The van der Waals surface area contributed by atoms with Gasteiger partial charge in [-0.15, -0.1) is 0 Å². The highest BCUT2D eigenvalue weighted by atomic mass is 15.0. The number of fused-ring (bicyclic) bond motifs is 12. The summed E-state index contributed by atoms with van der Waals surface area (Å²) in [5.74, 6) is 0. The first-order chi connectivity index (χ1) is 30.7. The molecule has 0 aliphatic rings. The van der Waals surface area contributed by atoms with Crippen LogP contribution in [0.3, 0.4) is 0 Å². The lowest BCUT2D eigenvalue weighted by Gasteiger charge is -2.14. The maximum absolute atomic E-state index is 2.47. The Morgan fingerprint density at radius 2 is 0.548 bits per heavy atom. The molecule has 0 unspecified atom stereocenters. The van der Waals surface area contributed by atoms with E-state index in [1.54, 1.807) is 0 Å². The number of benzene rings is 11. The van der Waals surface area contributed by atoms with Crippen LogP contribution < -0.4 is 0 Å². The first-order valence-corrected chi connectivity index (χ1v) is 21.4. The van der Waals surface area contributed by atoms with Crippen LogP contribution in [-0.4, -0.2) is 9.13 Å². The highest BCUT2D eigenvalue weighted by molar-refractivity contribution is 6.26. The van der Waals surface area contributed by atoms with Gasteiger partial charge in [0.2, 0.25) is 0 Å². The van der Waals surface area contributed by atoms with Crippen LogP contribution in [0.1, 0.15) is 0 Å². The van der Waals surface area contributed by atoms with Crippen molar-refractivity contribution < 1.29 is 0 Å². The van der Waals surface area contributed by atoms with E-state index >= 15 is 0 Å². The Bertz CT molecular complexity index is 3870. The summed E-state index contributed by atoms with van der Waals surface area (Å²) in [6, 6.07) is 84.8. The average Bonchev–Trinajstić information content (AvgIpc) is 3.86. The van der Waals surface area contributed by atoms with Crippen LogP contribution in [0, 0.1) is 0 Å². The molecule has 2 heterocycles. The lowest BCUT2D eigenvalue weighted by molar-refractivity contribution is 1.18. The third-order valence-corrected chi connectivity index (χ3v) is 13.1. The second kappa shape index (κ2) is 13.7. The summed E-state index contributed by atoms with van der Waals surface area (Å²) in [7, 11) is 0. The second-order valence-electron chi connectivity index (χ2n) is 16.5. The van der Waals surface area contributed by atoms with E-state index in [0.717, 1.165) is 11.4 Å². The summed E-state index contributed by atoms with van der Waals surface area (Å²) in [6.07, 6.45) is 0. The Labute approximate surface area is 358 Å². The van der Waals surface area contributed by atoms with Crippen molar-refractivity contribution >= 4 is 75.9 Å². The molecule has 0 saturated heterocycles. The smallest absolute Gasteiger partial charge is 0.0541 e. The molecule has 288 valence electrons. The van der Waals surface area contributed by atoms with Gasteiger partial charge in [-0.3, -0.25) is 0 Å². The number of nitrogens with zero attached hydrogens (tertiary/aromatic N) is 2. The molecule has 0 saturated carbocycles. The number of aromatic nitrogens is 2. The van der Waals surface area contributed by atoms with Crippen LogP contribution in [0.15, 0.2) is 231 Å². The highest BCUT2D eigenvalue weighted by Crippen LogP contribution is 2.42. The molecule has 0 aliphatic carbocycles. The predicted molar refractivity (Wildman–Crippen MR) is 264 cm³/mol. The highest BCUT2D eigenvalue weighted by Gasteiger charge is 2.18. The van der Waals surface area contributed by atoms with Crippen molar-refractivity contribution in [2.45, 2.75) is 0 Å². The summed E-state index contributed by atoms with van der Waals surface area (Å²) in [6.45, 7) is 0. The van der Waals surface area contributed by atoms with Gasteiger partial charge < -0.3 is 9.13 Å². The molecule has 62 heavy (non-hydrogen) atoms. The standard InChI is InChI=1S/C60H38N2/c1-3-14-39(15-4-1)41-18-13-19-45(34-41)61-57-25-12-11-24-52(57)54-36-43(27-32-58(54)61)44-28-33-60-56(37-44)55-35-42(40-16-5-2-6-17-40)26-31-59(55)62(60)46-29-30-51-49-22-8-7-20-47(49)48-21-9-10-23-50(48)53(51)38-46/h1-38H. The molecule has 0 bridgehead atoms. The van der Waals surface area contributed by atoms with Crippen molar-refractivity contribution in [2.75, 3.05) is 0 Å². The van der Waals surface area contributed by atoms with Crippen molar-refractivity contribution in [1.82, 2.24) is 9.13 Å². The molecule has 0 atom stereocenters. The topological polar surface area (TPSA) is 9.86 Å². The minimum Gasteiger partial charge on any atom is -0.309 e. The predicted octanol–water partition coefficient (Wildman–Crippen LogP) is 16.3. The van der Waals surface area contributed by atoms with Crippen LogP contribution in [0.2, 0.25) is 0 Å². The maximum atomic E-state index is 2.47. The summed E-state index contributed by atoms with van der Waals surface area (Å²) in [5, 5.41) is 12.6. The van der Waals surface area contributed by atoms with E-state index in [9.17, 15) is 0 Å². The molecule has 2 aromatic heterocycles. The first kappa shape index (κ1) is 34.6. The molecular formula is C60H38N2. The molecule has 0 aliphatic heterocycles. The van der Waals surface area contributed by atoms with Crippen molar-refractivity contribution in [3.8, 4) is 44.8 Å². The summed E-state index contributed by atoms with van der Waals surface area (Å²) in [5.41, 5.74) is 14.3. The monoisotopic (exact) mass is 786 g/mol. The normalized spacial score (nSPS) is 11.9. The van der Waals surface area contributed by atoms with Crippen molar-refractivity contribution in [2.24, 2.45) is 0 Å². The van der Waals surface area contributed by atoms with E-state index in [-0.39, 0.29) is 0 Å². The second-order valence-corrected chi connectivity index (χ2v) is 16.5. The zero-order chi connectivity index (χ0) is 40.7. The number of hydrogen-bond acceptors (Lipinski definition) is 0. The van der Waals surface area contributed by atoms with Crippen molar-refractivity contribution in [3.05, 3.63) is 231 Å². The van der Waals surface area contributed by atoms with Gasteiger partial charge in [0.15, 0.2) is 0 Å². The van der Waals surface area contributed by atoms with Gasteiger partial charge in [0, 0.05) is 32.9 Å². The Kier molecular flexibility index (Phi) is 7.64. The Morgan fingerprint density at radius 1 is 0.177 bits per heavy atom. The molecule has 13 rings (SSSR count). The molecule has 0 N–H and O–H groups in total. The van der Waals surface area contributed by atoms with Crippen LogP contribution >= 0.6 is 0 Å². The Balaban J connectivity index is 1.01. The Morgan fingerprint density at radius 3 is 1.10 bits per heavy atom. The van der Waals surface area contributed by atoms with Gasteiger partial charge in [0.25, 0.3) is 0 Å².